The Morgan fingerprint density at radius 1 is 1.41 bits per heavy atom. The Balaban J connectivity index is 1.72. The van der Waals surface area contributed by atoms with Gasteiger partial charge in [0.15, 0.2) is 0 Å². The van der Waals surface area contributed by atoms with Crippen LogP contribution < -0.4 is 5.32 Å². The first-order valence-corrected chi connectivity index (χ1v) is 5.87. The summed E-state index contributed by atoms with van der Waals surface area (Å²) >= 11 is 0. The molecule has 5 heteroatoms. The third kappa shape index (κ3) is 2.13. The molecule has 0 aliphatic carbocycles. The van der Waals surface area contributed by atoms with Gasteiger partial charge in [-0.2, -0.15) is 5.10 Å². The summed E-state index contributed by atoms with van der Waals surface area (Å²) in [5.41, 5.74) is 2.28. The standard InChI is InChI=1S/C12H15N5/c1-9-6-12(14-8-13-9)16-10-3-5-17-11(7-10)2-4-15-17/h2,4,6,8,10H,3,5,7H2,1H3,(H,13,14,16). The molecule has 3 rings (SSSR count). The topological polar surface area (TPSA) is 55.6 Å². The molecule has 0 spiro atoms. The van der Waals surface area contributed by atoms with Crippen molar-refractivity contribution in [1.29, 1.82) is 0 Å². The SMILES string of the molecule is Cc1cc(NC2CCn3nccc3C2)ncn1. The molecule has 0 radical (unpaired) electrons. The lowest BCUT2D eigenvalue weighted by atomic mass is 10.0. The quantitative estimate of drug-likeness (QED) is 0.846. The summed E-state index contributed by atoms with van der Waals surface area (Å²) in [6.45, 7) is 2.95. The second-order valence-corrected chi connectivity index (χ2v) is 4.42. The summed E-state index contributed by atoms with van der Waals surface area (Å²) in [5, 5.41) is 7.74. The summed E-state index contributed by atoms with van der Waals surface area (Å²) in [7, 11) is 0. The van der Waals surface area contributed by atoms with Crippen molar-refractivity contribution in [2.75, 3.05) is 5.32 Å². The Bertz CT molecular complexity index is 519. The molecule has 1 atom stereocenters. The van der Waals surface area contributed by atoms with E-state index in [2.05, 4.69) is 31.1 Å². The van der Waals surface area contributed by atoms with Crippen molar-refractivity contribution in [3.8, 4) is 0 Å². The zero-order chi connectivity index (χ0) is 11.7. The second kappa shape index (κ2) is 4.16. The summed E-state index contributed by atoms with van der Waals surface area (Å²) in [6, 6.07) is 4.50. The van der Waals surface area contributed by atoms with Crippen molar-refractivity contribution in [3.63, 3.8) is 0 Å². The molecule has 1 N–H and O–H groups in total. The lowest BCUT2D eigenvalue weighted by Gasteiger charge is -2.24. The van der Waals surface area contributed by atoms with Crippen LogP contribution >= 0.6 is 0 Å². The van der Waals surface area contributed by atoms with Crippen LogP contribution in [0.5, 0.6) is 0 Å². The fourth-order valence-corrected chi connectivity index (χ4v) is 2.23. The molecule has 0 saturated carbocycles. The molecule has 1 aliphatic heterocycles. The van der Waals surface area contributed by atoms with Gasteiger partial charge in [-0.15, -0.1) is 0 Å². The molecule has 0 aromatic carbocycles. The smallest absolute Gasteiger partial charge is 0.129 e. The molecule has 0 amide bonds. The number of rotatable bonds is 2. The molecule has 0 fully saturated rings. The number of anilines is 1. The second-order valence-electron chi connectivity index (χ2n) is 4.42. The van der Waals surface area contributed by atoms with Gasteiger partial charge in [0.25, 0.3) is 0 Å². The molecule has 3 heterocycles. The summed E-state index contributed by atoms with van der Waals surface area (Å²) in [5.74, 6) is 0.912. The van der Waals surface area contributed by atoms with E-state index in [0.29, 0.717) is 6.04 Å². The van der Waals surface area contributed by atoms with Gasteiger partial charge in [0.2, 0.25) is 0 Å². The average molecular weight is 229 g/mol. The maximum atomic E-state index is 4.28. The van der Waals surface area contributed by atoms with E-state index in [1.807, 2.05) is 19.2 Å². The highest BCUT2D eigenvalue weighted by Gasteiger charge is 2.18. The molecular formula is C12H15N5. The number of nitrogens with one attached hydrogen (secondary N) is 1. The Morgan fingerprint density at radius 3 is 3.24 bits per heavy atom. The third-order valence-electron chi connectivity index (χ3n) is 3.11. The minimum atomic E-state index is 0.438. The minimum absolute atomic E-state index is 0.438. The number of aromatic nitrogens is 4. The molecular weight excluding hydrogens is 214 g/mol. The fraction of sp³-hybridized carbons (Fsp3) is 0.417. The Hall–Kier alpha value is -1.91. The normalized spacial score (nSPS) is 18.8. The van der Waals surface area contributed by atoms with Gasteiger partial charge >= 0.3 is 0 Å². The minimum Gasteiger partial charge on any atom is -0.367 e. The van der Waals surface area contributed by atoms with Crippen LogP contribution in [0.1, 0.15) is 17.8 Å². The van der Waals surface area contributed by atoms with Crippen LogP contribution in [0.4, 0.5) is 5.82 Å². The van der Waals surface area contributed by atoms with Gasteiger partial charge in [0.1, 0.15) is 12.1 Å². The highest BCUT2D eigenvalue weighted by atomic mass is 15.3. The predicted octanol–water partition coefficient (Wildman–Crippen LogP) is 1.41. The van der Waals surface area contributed by atoms with E-state index in [9.17, 15) is 0 Å². The van der Waals surface area contributed by atoms with Crippen LogP contribution in [0.15, 0.2) is 24.7 Å². The number of fused-ring (bicyclic) bond motifs is 1. The Kier molecular flexibility index (Phi) is 2.51. The maximum Gasteiger partial charge on any atom is 0.129 e. The van der Waals surface area contributed by atoms with Crippen molar-refractivity contribution in [1.82, 2.24) is 19.7 Å². The molecule has 1 aliphatic rings. The largest absolute Gasteiger partial charge is 0.367 e. The van der Waals surface area contributed by atoms with Gasteiger partial charge in [-0.05, 0) is 19.4 Å². The lowest BCUT2D eigenvalue weighted by Crippen LogP contribution is -2.30. The van der Waals surface area contributed by atoms with E-state index in [-0.39, 0.29) is 0 Å². The van der Waals surface area contributed by atoms with E-state index < -0.39 is 0 Å². The number of aryl methyl sites for hydroxylation is 2. The summed E-state index contributed by atoms with van der Waals surface area (Å²) in [4.78, 5) is 8.33. The molecule has 88 valence electrons. The monoisotopic (exact) mass is 229 g/mol. The van der Waals surface area contributed by atoms with Crippen LogP contribution in [0.3, 0.4) is 0 Å². The molecule has 2 aromatic heterocycles. The number of hydrogen-bond acceptors (Lipinski definition) is 4. The highest BCUT2D eigenvalue weighted by molar-refractivity contribution is 5.36. The van der Waals surface area contributed by atoms with E-state index in [0.717, 1.165) is 30.9 Å². The van der Waals surface area contributed by atoms with E-state index >= 15 is 0 Å². The van der Waals surface area contributed by atoms with E-state index in [1.54, 1.807) is 6.33 Å². The van der Waals surface area contributed by atoms with Crippen molar-refractivity contribution in [2.24, 2.45) is 0 Å². The first-order chi connectivity index (χ1) is 8.31. The highest BCUT2D eigenvalue weighted by Crippen LogP contribution is 2.17. The first-order valence-electron chi connectivity index (χ1n) is 5.87. The zero-order valence-corrected chi connectivity index (χ0v) is 9.80. The molecule has 1 unspecified atom stereocenters. The van der Waals surface area contributed by atoms with Gasteiger partial charge in [0.05, 0.1) is 0 Å². The van der Waals surface area contributed by atoms with Gasteiger partial charge in [-0.3, -0.25) is 4.68 Å². The lowest BCUT2D eigenvalue weighted by molar-refractivity contribution is 0.455. The fourth-order valence-electron chi connectivity index (χ4n) is 2.23. The third-order valence-corrected chi connectivity index (χ3v) is 3.11. The maximum absolute atomic E-state index is 4.28. The van der Waals surface area contributed by atoms with E-state index in [1.165, 1.54) is 5.69 Å². The van der Waals surface area contributed by atoms with Crippen molar-refractivity contribution in [3.05, 3.63) is 36.0 Å². The van der Waals surface area contributed by atoms with Crippen LogP contribution in [-0.4, -0.2) is 25.8 Å². The average Bonchev–Trinajstić information content (AvgIpc) is 2.76. The van der Waals surface area contributed by atoms with Crippen molar-refractivity contribution < 1.29 is 0 Å². The van der Waals surface area contributed by atoms with Crippen LogP contribution in [-0.2, 0) is 13.0 Å². The predicted molar refractivity (Wildman–Crippen MR) is 64.7 cm³/mol. The summed E-state index contributed by atoms with van der Waals surface area (Å²) < 4.78 is 2.07. The molecule has 5 nitrogen and oxygen atoms in total. The molecule has 17 heavy (non-hydrogen) atoms. The Morgan fingerprint density at radius 2 is 2.35 bits per heavy atom. The molecule has 0 saturated heterocycles. The molecule has 2 aromatic rings. The van der Waals surface area contributed by atoms with Crippen molar-refractivity contribution in [2.45, 2.75) is 32.4 Å². The van der Waals surface area contributed by atoms with Crippen LogP contribution in [0.25, 0.3) is 0 Å². The van der Waals surface area contributed by atoms with Crippen molar-refractivity contribution >= 4 is 5.82 Å². The first kappa shape index (κ1) is 10.3. The van der Waals surface area contributed by atoms with Gasteiger partial charge < -0.3 is 5.32 Å². The van der Waals surface area contributed by atoms with Gasteiger partial charge in [0, 0.05) is 42.7 Å². The summed E-state index contributed by atoms with van der Waals surface area (Å²) in [6.07, 6.45) is 5.55. The van der Waals surface area contributed by atoms with E-state index in [4.69, 9.17) is 0 Å². The zero-order valence-electron chi connectivity index (χ0n) is 9.80. The van der Waals surface area contributed by atoms with Crippen LogP contribution in [0, 0.1) is 6.92 Å². The van der Waals surface area contributed by atoms with Gasteiger partial charge in [-0.1, -0.05) is 0 Å². The molecule has 0 bridgehead atoms. The van der Waals surface area contributed by atoms with Crippen LogP contribution in [0.2, 0.25) is 0 Å². The Labute approximate surface area is 99.9 Å². The number of hydrogen-bond donors (Lipinski definition) is 1. The van der Waals surface area contributed by atoms with Gasteiger partial charge in [-0.25, -0.2) is 9.97 Å². The number of nitrogens with zero attached hydrogens (tertiary/aromatic N) is 4.